The fourth-order valence-electron chi connectivity index (χ4n) is 2.32. The van der Waals surface area contributed by atoms with Gasteiger partial charge in [-0.1, -0.05) is 30.3 Å². The number of methoxy groups -OCH3 is 1. The van der Waals surface area contributed by atoms with Crippen LogP contribution in [0.4, 0.5) is 0 Å². The molecule has 1 N–H and O–H groups in total. The van der Waals surface area contributed by atoms with Crippen LogP contribution in [0.2, 0.25) is 0 Å². The van der Waals surface area contributed by atoms with Gasteiger partial charge in [-0.15, -0.1) is 0 Å². The fourth-order valence-corrected chi connectivity index (χ4v) is 2.32. The fraction of sp³-hybridized carbons (Fsp3) is 0.125. The Labute approximate surface area is 106 Å². The molecule has 2 nitrogen and oxygen atoms in total. The van der Waals surface area contributed by atoms with Crippen LogP contribution in [0.5, 0.6) is 5.75 Å². The van der Waals surface area contributed by atoms with E-state index < -0.39 is 0 Å². The number of benzene rings is 2. The molecule has 2 heteroatoms. The van der Waals surface area contributed by atoms with Crippen molar-refractivity contribution in [1.29, 1.82) is 0 Å². The van der Waals surface area contributed by atoms with Crippen LogP contribution >= 0.6 is 0 Å². The lowest BCUT2D eigenvalue weighted by Gasteiger charge is -2.05. The zero-order valence-corrected chi connectivity index (χ0v) is 10.5. The van der Waals surface area contributed by atoms with E-state index in [4.69, 9.17) is 4.74 Å². The van der Waals surface area contributed by atoms with Crippen LogP contribution in [-0.4, -0.2) is 12.1 Å². The van der Waals surface area contributed by atoms with Gasteiger partial charge < -0.3 is 9.72 Å². The summed E-state index contributed by atoms with van der Waals surface area (Å²) in [5, 5.41) is 1.23. The molecule has 0 radical (unpaired) electrons. The van der Waals surface area contributed by atoms with Crippen molar-refractivity contribution >= 4 is 10.9 Å². The minimum Gasteiger partial charge on any atom is -0.496 e. The number of aromatic nitrogens is 1. The quantitative estimate of drug-likeness (QED) is 0.711. The second-order valence-electron chi connectivity index (χ2n) is 4.42. The Balaban J connectivity index is 2.23. The SMILES string of the molecule is COc1ccccc1-c1cc2cccc(C)c2[nH]1. The van der Waals surface area contributed by atoms with Gasteiger partial charge in [-0.3, -0.25) is 0 Å². The summed E-state index contributed by atoms with van der Waals surface area (Å²) in [6.45, 7) is 2.12. The summed E-state index contributed by atoms with van der Waals surface area (Å²) in [6, 6.07) is 16.5. The first-order valence-electron chi connectivity index (χ1n) is 6.01. The van der Waals surface area contributed by atoms with Gasteiger partial charge in [0.25, 0.3) is 0 Å². The smallest absolute Gasteiger partial charge is 0.128 e. The predicted molar refractivity (Wildman–Crippen MR) is 75.0 cm³/mol. The molecule has 0 atom stereocenters. The molecule has 0 aliphatic rings. The van der Waals surface area contributed by atoms with Crippen LogP contribution < -0.4 is 4.74 Å². The van der Waals surface area contributed by atoms with Crippen molar-refractivity contribution in [2.45, 2.75) is 6.92 Å². The lowest BCUT2D eigenvalue weighted by molar-refractivity contribution is 0.416. The van der Waals surface area contributed by atoms with Gasteiger partial charge in [0.1, 0.15) is 5.75 Å². The van der Waals surface area contributed by atoms with E-state index in [-0.39, 0.29) is 0 Å². The highest BCUT2D eigenvalue weighted by Crippen LogP contribution is 2.31. The highest BCUT2D eigenvalue weighted by atomic mass is 16.5. The number of rotatable bonds is 2. The van der Waals surface area contributed by atoms with E-state index in [0.717, 1.165) is 17.0 Å². The Morgan fingerprint density at radius 2 is 1.83 bits per heavy atom. The van der Waals surface area contributed by atoms with E-state index in [9.17, 15) is 0 Å². The molecule has 0 saturated heterocycles. The first-order chi connectivity index (χ1) is 8.79. The molecule has 0 aliphatic heterocycles. The van der Waals surface area contributed by atoms with Gasteiger partial charge in [-0.05, 0) is 30.7 Å². The van der Waals surface area contributed by atoms with E-state index in [1.807, 2.05) is 18.2 Å². The summed E-state index contributed by atoms with van der Waals surface area (Å²) in [5.74, 6) is 0.890. The molecule has 90 valence electrons. The number of ether oxygens (including phenoxy) is 1. The maximum absolute atomic E-state index is 5.41. The maximum Gasteiger partial charge on any atom is 0.128 e. The van der Waals surface area contributed by atoms with E-state index in [0.29, 0.717) is 0 Å². The molecule has 18 heavy (non-hydrogen) atoms. The van der Waals surface area contributed by atoms with Crippen LogP contribution in [0.3, 0.4) is 0 Å². The van der Waals surface area contributed by atoms with Gasteiger partial charge in [0, 0.05) is 16.5 Å². The highest BCUT2D eigenvalue weighted by molar-refractivity contribution is 5.89. The second-order valence-corrected chi connectivity index (χ2v) is 4.42. The van der Waals surface area contributed by atoms with Crippen molar-refractivity contribution in [2.75, 3.05) is 7.11 Å². The summed E-state index contributed by atoms with van der Waals surface area (Å²) in [4.78, 5) is 3.47. The number of fused-ring (bicyclic) bond motifs is 1. The van der Waals surface area contributed by atoms with Crippen LogP contribution in [-0.2, 0) is 0 Å². The molecule has 0 fully saturated rings. The van der Waals surface area contributed by atoms with Crippen LogP contribution in [0, 0.1) is 6.92 Å². The Kier molecular flexibility index (Phi) is 2.56. The number of hydrogen-bond donors (Lipinski definition) is 1. The van der Waals surface area contributed by atoms with E-state index in [1.54, 1.807) is 7.11 Å². The number of aromatic amines is 1. The monoisotopic (exact) mass is 237 g/mol. The molecule has 0 spiro atoms. The standard InChI is InChI=1S/C16H15NO/c1-11-6-5-7-12-10-14(17-16(11)12)13-8-3-4-9-15(13)18-2/h3-10,17H,1-2H3. The van der Waals surface area contributed by atoms with Crippen molar-refractivity contribution < 1.29 is 4.74 Å². The molecule has 1 aromatic heterocycles. The van der Waals surface area contributed by atoms with Crippen molar-refractivity contribution in [3.8, 4) is 17.0 Å². The molecule has 0 bridgehead atoms. The summed E-state index contributed by atoms with van der Waals surface area (Å²) in [5.41, 5.74) is 4.64. The molecular weight excluding hydrogens is 222 g/mol. The summed E-state index contributed by atoms with van der Waals surface area (Å²) in [6.07, 6.45) is 0. The molecule has 2 aromatic carbocycles. The molecule has 0 unspecified atom stereocenters. The highest BCUT2D eigenvalue weighted by Gasteiger charge is 2.08. The molecule has 1 heterocycles. The predicted octanol–water partition coefficient (Wildman–Crippen LogP) is 4.15. The number of para-hydroxylation sites is 2. The zero-order chi connectivity index (χ0) is 12.5. The lowest BCUT2D eigenvalue weighted by Crippen LogP contribution is -1.87. The molecule has 3 aromatic rings. The number of aryl methyl sites for hydroxylation is 1. The van der Waals surface area contributed by atoms with Gasteiger partial charge in [0.15, 0.2) is 0 Å². The van der Waals surface area contributed by atoms with Crippen molar-refractivity contribution in [3.63, 3.8) is 0 Å². The third kappa shape index (κ3) is 1.66. The van der Waals surface area contributed by atoms with Crippen LogP contribution in [0.1, 0.15) is 5.56 Å². The van der Waals surface area contributed by atoms with Gasteiger partial charge in [-0.25, -0.2) is 0 Å². The Morgan fingerprint density at radius 1 is 1.00 bits per heavy atom. The van der Waals surface area contributed by atoms with Gasteiger partial charge in [0.05, 0.1) is 12.8 Å². The average Bonchev–Trinajstić information content (AvgIpc) is 2.84. The van der Waals surface area contributed by atoms with Gasteiger partial charge >= 0.3 is 0 Å². The zero-order valence-electron chi connectivity index (χ0n) is 10.5. The molecule has 0 amide bonds. The lowest BCUT2D eigenvalue weighted by atomic mass is 10.1. The maximum atomic E-state index is 5.41. The van der Waals surface area contributed by atoms with Crippen molar-refractivity contribution in [1.82, 2.24) is 4.98 Å². The first-order valence-corrected chi connectivity index (χ1v) is 6.01. The Hall–Kier alpha value is -2.22. The molecule has 0 aliphatic carbocycles. The summed E-state index contributed by atoms with van der Waals surface area (Å²) >= 11 is 0. The number of H-pyrrole nitrogens is 1. The number of hydrogen-bond acceptors (Lipinski definition) is 1. The Morgan fingerprint density at radius 3 is 2.61 bits per heavy atom. The van der Waals surface area contributed by atoms with Crippen LogP contribution in [0.25, 0.3) is 22.2 Å². The van der Waals surface area contributed by atoms with Crippen molar-refractivity contribution in [3.05, 3.63) is 54.1 Å². The van der Waals surface area contributed by atoms with Gasteiger partial charge in [0.2, 0.25) is 0 Å². The largest absolute Gasteiger partial charge is 0.496 e. The topological polar surface area (TPSA) is 25.0 Å². The van der Waals surface area contributed by atoms with Crippen molar-refractivity contribution in [2.24, 2.45) is 0 Å². The Bertz CT molecular complexity index is 697. The summed E-state index contributed by atoms with van der Waals surface area (Å²) < 4.78 is 5.41. The molecule has 0 saturated carbocycles. The number of nitrogens with one attached hydrogen (secondary N) is 1. The third-order valence-electron chi connectivity index (χ3n) is 3.26. The van der Waals surface area contributed by atoms with E-state index in [2.05, 4.69) is 42.2 Å². The normalized spacial score (nSPS) is 10.8. The molecular formula is C16H15NO. The first kappa shape index (κ1) is 10.9. The van der Waals surface area contributed by atoms with Gasteiger partial charge in [-0.2, -0.15) is 0 Å². The van der Waals surface area contributed by atoms with E-state index >= 15 is 0 Å². The second kappa shape index (κ2) is 4.22. The molecule has 3 rings (SSSR count). The van der Waals surface area contributed by atoms with Crippen LogP contribution in [0.15, 0.2) is 48.5 Å². The average molecular weight is 237 g/mol. The van der Waals surface area contributed by atoms with E-state index in [1.165, 1.54) is 16.5 Å². The minimum atomic E-state index is 0.890. The summed E-state index contributed by atoms with van der Waals surface area (Å²) in [7, 11) is 1.70. The third-order valence-corrected chi connectivity index (χ3v) is 3.26. The minimum absolute atomic E-state index is 0.890.